The summed E-state index contributed by atoms with van der Waals surface area (Å²) < 4.78 is 1.73. The number of amides is 1. The first kappa shape index (κ1) is 12.1. The van der Waals surface area contributed by atoms with Gasteiger partial charge < -0.3 is 11.1 Å². The highest BCUT2D eigenvalue weighted by atomic mass is 16.1. The summed E-state index contributed by atoms with van der Waals surface area (Å²) in [7, 11) is 0. The quantitative estimate of drug-likeness (QED) is 0.856. The second-order valence-electron chi connectivity index (χ2n) is 3.95. The Labute approximate surface area is 105 Å². The van der Waals surface area contributed by atoms with E-state index in [2.05, 4.69) is 15.4 Å². The van der Waals surface area contributed by atoms with Crippen LogP contribution in [0.4, 0.5) is 11.4 Å². The van der Waals surface area contributed by atoms with Crippen molar-refractivity contribution >= 4 is 17.3 Å². The third kappa shape index (κ3) is 2.48. The van der Waals surface area contributed by atoms with Crippen LogP contribution in [-0.2, 0) is 6.54 Å². The van der Waals surface area contributed by atoms with Gasteiger partial charge in [0.1, 0.15) is 0 Å². The number of hydrogen-bond acceptors (Lipinski definition) is 4. The van der Waals surface area contributed by atoms with Crippen LogP contribution in [0.5, 0.6) is 0 Å². The Hall–Kier alpha value is -2.37. The molecule has 94 valence electrons. The number of carbonyl (C=O) groups is 1. The van der Waals surface area contributed by atoms with E-state index in [0.717, 1.165) is 12.2 Å². The standard InChI is InChI=1S/C12H15N5O/c1-3-17-7-9(5-15-17)16-12(18)10-6-14-8(2)4-11(10)13/h4-7H,3H2,1-2H3,(H2,13,14)(H,16,18). The van der Waals surface area contributed by atoms with Crippen LogP contribution in [0.2, 0.25) is 0 Å². The number of aromatic nitrogens is 3. The average molecular weight is 245 g/mol. The van der Waals surface area contributed by atoms with E-state index < -0.39 is 0 Å². The maximum absolute atomic E-state index is 12.0. The highest BCUT2D eigenvalue weighted by Gasteiger charge is 2.11. The lowest BCUT2D eigenvalue weighted by Gasteiger charge is -2.05. The van der Waals surface area contributed by atoms with Gasteiger partial charge in [-0.05, 0) is 19.9 Å². The number of anilines is 2. The number of nitrogen functional groups attached to an aromatic ring is 1. The predicted molar refractivity (Wildman–Crippen MR) is 69.2 cm³/mol. The maximum atomic E-state index is 12.0. The summed E-state index contributed by atoms with van der Waals surface area (Å²) in [5.41, 5.74) is 7.99. The summed E-state index contributed by atoms with van der Waals surface area (Å²) in [5, 5.41) is 6.80. The Morgan fingerprint density at radius 3 is 2.89 bits per heavy atom. The third-order valence-electron chi connectivity index (χ3n) is 2.53. The second-order valence-corrected chi connectivity index (χ2v) is 3.95. The molecule has 2 rings (SSSR count). The fraction of sp³-hybridized carbons (Fsp3) is 0.250. The van der Waals surface area contributed by atoms with Crippen molar-refractivity contribution in [1.82, 2.24) is 14.8 Å². The van der Waals surface area contributed by atoms with Gasteiger partial charge in [-0.2, -0.15) is 5.10 Å². The van der Waals surface area contributed by atoms with E-state index >= 15 is 0 Å². The number of nitrogens with zero attached hydrogens (tertiary/aromatic N) is 3. The van der Waals surface area contributed by atoms with Gasteiger partial charge in [0.05, 0.1) is 17.4 Å². The predicted octanol–water partition coefficient (Wildman–Crippen LogP) is 1.44. The third-order valence-corrected chi connectivity index (χ3v) is 2.53. The summed E-state index contributed by atoms with van der Waals surface area (Å²) in [6.07, 6.45) is 4.83. The van der Waals surface area contributed by atoms with Crippen molar-refractivity contribution in [3.63, 3.8) is 0 Å². The molecule has 0 atom stereocenters. The molecule has 0 bridgehead atoms. The summed E-state index contributed by atoms with van der Waals surface area (Å²) in [5.74, 6) is -0.282. The van der Waals surface area contributed by atoms with Crippen molar-refractivity contribution < 1.29 is 4.79 Å². The van der Waals surface area contributed by atoms with Gasteiger partial charge >= 0.3 is 0 Å². The molecule has 0 aliphatic heterocycles. The number of nitrogens with one attached hydrogen (secondary N) is 1. The van der Waals surface area contributed by atoms with Gasteiger partial charge in [-0.15, -0.1) is 0 Å². The SMILES string of the molecule is CCn1cc(NC(=O)c2cnc(C)cc2N)cn1. The van der Waals surface area contributed by atoms with E-state index in [9.17, 15) is 4.79 Å². The Bertz CT molecular complexity index is 576. The van der Waals surface area contributed by atoms with Gasteiger partial charge in [0, 0.05) is 30.3 Å². The summed E-state index contributed by atoms with van der Waals surface area (Å²) in [6.45, 7) is 4.55. The van der Waals surface area contributed by atoms with Crippen molar-refractivity contribution in [2.45, 2.75) is 20.4 Å². The molecule has 2 heterocycles. The van der Waals surface area contributed by atoms with Crippen molar-refractivity contribution in [1.29, 1.82) is 0 Å². The zero-order valence-corrected chi connectivity index (χ0v) is 10.3. The number of hydrogen-bond donors (Lipinski definition) is 2. The number of rotatable bonds is 3. The van der Waals surface area contributed by atoms with Crippen LogP contribution in [-0.4, -0.2) is 20.7 Å². The fourth-order valence-electron chi connectivity index (χ4n) is 1.57. The number of pyridine rings is 1. The minimum atomic E-state index is -0.282. The average Bonchev–Trinajstić information content (AvgIpc) is 2.76. The maximum Gasteiger partial charge on any atom is 0.259 e. The normalized spacial score (nSPS) is 10.3. The topological polar surface area (TPSA) is 85.8 Å². The first-order valence-electron chi connectivity index (χ1n) is 5.66. The van der Waals surface area contributed by atoms with Gasteiger partial charge in [0.15, 0.2) is 0 Å². The molecule has 0 saturated carbocycles. The first-order valence-corrected chi connectivity index (χ1v) is 5.66. The molecular formula is C12H15N5O. The van der Waals surface area contributed by atoms with E-state index in [-0.39, 0.29) is 5.91 Å². The molecule has 0 aliphatic carbocycles. The lowest BCUT2D eigenvalue weighted by molar-refractivity contribution is 0.102. The van der Waals surface area contributed by atoms with Crippen molar-refractivity contribution in [2.75, 3.05) is 11.1 Å². The molecule has 0 aromatic carbocycles. The largest absolute Gasteiger partial charge is 0.398 e. The molecule has 3 N–H and O–H groups in total. The Kier molecular flexibility index (Phi) is 3.27. The number of aryl methyl sites for hydroxylation is 2. The Morgan fingerprint density at radius 1 is 1.50 bits per heavy atom. The van der Waals surface area contributed by atoms with Crippen LogP contribution >= 0.6 is 0 Å². The molecule has 0 spiro atoms. The van der Waals surface area contributed by atoms with Crippen LogP contribution in [0.1, 0.15) is 23.0 Å². The number of carbonyl (C=O) groups excluding carboxylic acids is 1. The molecule has 0 aliphatic rings. The molecule has 0 radical (unpaired) electrons. The van der Waals surface area contributed by atoms with Crippen molar-refractivity contribution in [2.24, 2.45) is 0 Å². The van der Waals surface area contributed by atoms with Crippen molar-refractivity contribution in [3.8, 4) is 0 Å². The zero-order valence-electron chi connectivity index (χ0n) is 10.3. The van der Waals surface area contributed by atoms with Crippen LogP contribution in [0.3, 0.4) is 0 Å². The van der Waals surface area contributed by atoms with Crippen molar-refractivity contribution in [3.05, 3.63) is 35.9 Å². The Balaban J connectivity index is 2.16. The monoisotopic (exact) mass is 245 g/mol. The molecule has 0 fully saturated rings. The smallest absolute Gasteiger partial charge is 0.259 e. The van der Waals surface area contributed by atoms with E-state index in [4.69, 9.17) is 5.73 Å². The first-order chi connectivity index (χ1) is 8.60. The Morgan fingerprint density at radius 2 is 2.28 bits per heavy atom. The number of nitrogens with two attached hydrogens (primary N) is 1. The minimum Gasteiger partial charge on any atom is -0.398 e. The minimum absolute atomic E-state index is 0.282. The summed E-state index contributed by atoms with van der Waals surface area (Å²) >= 11 is 0. The van der Waals surface area contributed by atoms with Crippen LogP contribution in [0.15, 0.2) is 24.7 Å². The van der Waals surface area contributed by atoms with E-state index in [1.165, 1.54) is 6.20 Å². The fourth-order valence-corrected chi connectivity index (χ4v) is 1.57. The lowest BCUT2D eigenvalue weighted by Crippen LogP contribution is -2.14. The molecular weight excluding hydrogens is 230 g/mol. The summed E-state index contributed by atoms with van der Waals surface area (Å²) in [6, 6.07) is 1.67. The van der Waals surface area contributed by atoms with E-state index in [0.29, 0.717) is 16.9 Å². The molecule has 6 nitrogen and oxygen atoms in total. The molecule has 0 unspecified atom stereocenters. The zero-order chi connectivity index (χ0) is 13.1. The highest BCUT2D eigenvalue weighted by Crippen LogP contribution is 2.14. The second kappa shape index (κ2) is 4.87. The molecule has 18 heavy (non-hydrogen) atoms. The van der Waals surface area contributed by atoms with Gasteiger partial charge in [-0.1, -0.05) is 0 Å². The van der Waals surface area contributed by atoms with Gasteiger partial charge in [-0.3, -0.25) is 14.5 Å². The van der Waals surface area contributed by atoms with E-state index in [1.807, 2.05) is 13.8 Å². The van der Waals surface area contributed by atoms with Crippen LogP contribution < -0.4 is 11.1 Å². The van der Waals surface area contributed by atoms with Gasteiger partial charge in [-0.25, -0.2) is 0 Å². The van der Waals surface area contributed by atoms with E-state index in [1.54, 1.807) is 23.1 Å². The van der Waals surface area contributed by atoms with Gasteiger partial charge in [0.2, 0.25) is 0 Å². The molecule has 2 aromatic rings. The lowest BCUT2D eigenvalue weighted by atomic mass is 10.2. The van der Waals surface area contributed by atoms with Crippen LogP contribution in [0.25, 0.3) is 0 Å². The highest BCUT2D eigenvalue weighted by molar-refractivity contribution is 6.07. The molecule has 0 saturated heterocycles. The summed E-state index contributed by atoms with van der Waals surface area (Å²) in [4.78, 5) is 16.0. The van der Waals surface area contributed by atoms with Gasteiger partial charge in [0.25, 0.3) is 5.91 Å². The molecule has 2 aromatic heterocycles. The van der Waals surface area contributed by atoms with Crippen LogP contribution in [0, 0.1) is 6.92 Å². The molecule has 1 amide bonds. The molecule has 6 heteroatoms.